The fourth-order valence-electron chi connectivity index (χ4n) is 4.41. The van der Waals surface area contributed by atoms with Gasteiger partial charge >= 0.3 is 0 Å². The number of carbonyl (C=O) groups is 1. The van der Waals surface area contributed by atoms with Crippen LogP contribution in [-0.2, 0) is 27.8 Å². The van der Waals surface area contributed by atoms with E-state index >= 15 is 0 Å². The van der Waals surface area contributed by atoms with Crippen molar-refractivity contribution < 1.29 is 13.2 Å². The van der Waals surface area contributed by atoms with Crippen molar-refractivity contribution in [2.24, 2.45) is 5.92 Å². The Morgan fingerprint density at radius 3 is 2.11 bits per heavy atom. The second-order valence-electron chi connectivity index (χ2n) is 8.85. The summed E-state index contributed by atoms with van der Waals surface area (Å²) in [7, 11) is -4.07. The minimum atomic E-state index is -4.07. The second-order valence-corrected chi connectivity index (χ2v) is 11.6. The van der Waals surface area contributed by atoms with Gasteiger partial charge in [-0.25, -0.2) is 8.42 Å². The van der Waals surface area contributed by atoms with Gasteiger partial charge in [-0.3, -0.25) is 4.79 Å². The number of carbonyl (C=O) groups excluding carboxylic acids is 1. The molecule has 0 bridgehead atoms. The van der Waals surface area contributed by atoms with E-state index < -0.39 is 10.0 Å². The van der Waals surface area contributed by atoms with Crippen LogP contribution in [0.25, 0.3) is 0 Å². The van der Waals surface area contributed by atoms with Gasteiger partial charge in [0.15, 0.2) is 0 Å². The molecule has 3 aromatic carbocycles. The number of rotatable bonds is 8. The van der Waals surface area contributed by atoms with E-state index in [1.807, 2.05) is 48.5 Å². The zero-order valence-corrected chi connectivity index (χ0v) is 21.6. The fraction of sp³-hybridized carbons (Fsp3) is 0.296. The summed E-state index contributed by atoms with van der Waals surface area (Å²) in [5.41, 5.74) is 2.08. The second kappa shape index (κ2) is 11.6. The smallest absolute Gasteiger partial charge is 0.245 e. The third kappa shape index (κ3) is 6.64. The van der Waals surface area contributed by atoms with Crippen molar-refractivity contribution >= 4 is 39.1 Å². The lowest BCUT2D eigenvalue weighted by Crippen LogP contribution is -2.45. The molecule has 0 aromatic heterocycles. The number of hydrogen-bond acceptors (Lipinski definition) is 3. The van der Waals surface area contributed by atoms with Crippen LogP contribution in [0.5, 0.6) is 0 Å². The number of hydrogen-bond donors (Lipinski definition) is 0. The molecule has 3 aromatic rings. The summed E-state index contributed by atoms with van der Waals surface area (Å²) in [6.45, 7) is 1.03. The van der Waals surface area contributed by atoms with Gasteiger partial charge < -0.3 is 4.90 Å². The first-order chi connectivity index (χ1) is 16.8. The number of halogens is 2. The summed E-state index contributed by atoms with van der Waals surface area (Å²) < 4.78 is 28.4. The normalized spacial score (nSPS) is 14.9. The topological polar surface area (TPSA) is 57.7 Å². The molecule has 0 radical (unpaired) electrons. The Labute approximate surface area is 217 Å². The monoisotopic (exact) mass is 530 g/mol. The maximum absolute atomic E-state index is 13.6. The zero-order valence-electron chi connectivity index (χ0n) is 19.3. The van der Waals surface area contributed by atoms with Crippen molar-refractivity contribution in [2.75, 3.05) is 19.6 Å². The molecule has 1 saturated heterocycles. The molecule has 0 unspecified atom stereocenters. The van der Waals surface area contributed by atoms with Gasteiger partial charge in [0.1, 0.15) is 4.90 Å². The highest BCUT2D eigenvalue weighted by Crippen LogP contribution is 2.29. The highest BCUT2D eigenvalue weighted by Gasteiger charge is 2.32. The minimum absolute atomic E-state index is 0.0578. The van der Waals surface area contributed by atoms with E-state index in [9.17, 15) is 13.2 Å². The van der Waals surface area contributed by atoms with E-state index in [-0.39, 0.29) is 33.9 Å². The Hall–Kier alpha value is -2.38. The molecule has 1 amide bonds. The summed E-state index contributed by atoms with van der Waals surface area (Å²) in [6.07, 6.45) is 2.78. The third-order valence-corrected chi connectivity index (χ3v) is 8.87. The molecule has 0 spiro atoms. The average molecular weight is 532 g/mol. The molecule has 8 heteroatoms. The van der Waals surface area contributed by atoms with E-state index in [1.165, 1.54) is 28.1 Å². The Morgan fingerprint density at radius 1 is 0.886 bits per heavy atom. The number of likely N-dealkylation sites (tertiary alicyclic amines) is 1. The van der Waals surface area contributed by atoms with Crippen molar-refractivity contribution in [1.82, 2.24) is 9.21 Å². The maximum atomic E-state index is 13.6. The van der Waals surface area contributed by atoms with Gasteiger partial charge in [-0.1, -0.05) is 83.9 Å². The fourth-order valence-corrected chi connectivity index (χ4v) is 6.53. The number of sulfonamides is 1. The van der Waals surface area contributed by atoms with Gasteiger partial charge in [0, 0.05) is 24.7 Å². The van der Waals surface area contributed by atoms with Crippen LogP contribution in [0.4, 0.5) is 0 Å². The quantitative estimate of drug-likeness (QED) is 0.377. The molecule has 0 N–H and O–H groups in total. The number of benzene rings is 3. The molecule has 184 valence electrons. The van der Waals surface area contributed by atoms with Crippen molar-refractivity contribution in [2.45, 2.75) is 30.7 Å². The highest BCUT2D eigenvalue weighted by molar-refractivity contribution is 7.89. The van der Waals surface area contributed by atoms with Crippen LogP contribution < -0.4 is 0 Å². The summed E-state index contributed by atoms with van der Waals surface area (Å²) in [6, 6.07) is 23.9. The Kier molecular flexibility index (Phi) is 8.50. The van der Waals surface area contributed by atoms with Crippen molar-refractivity contribution in [3.63, 3.8) is 0 Å². The minimum Gasteiger partial charge on any atom is -0.342 e. The summed E-state index contributed by atoms with van der Waals surface area (Å²) in [5.74, 6) is 0.302. The van der Waals surface area contributed by atoms with Crippen LogP contribution in [0.2, 0.25) is 10.0 Å². The predicted molar refractivity (Wildman–Crippen MR) is 140 cm³/mol. The standard InChI is InChI=1S/C27H28Cl2N2O3S/c28-24-11-12-25(29)26(18-24)35(33,34)31(19-23-9-5-2-6-10-23)20-27(32)30-15-13-22(14-16-30)17-21-7-3-1-4-8-21/h1-12,18,22H,13-17,19-20H2. The Balaban J connectivity index is 1.48. The molecule has 0 aliphatic carbocycles. The highest BCUT2D eigenvalue weighted by atomic mass is 35.5. The van der Waals surface area contributed by atoms with Crippen molar-refractivity contribution in [3.8, 4) is 0 Å². The van der Waals surface area contributed by atoms with Crippen molar-refractivity contribution in [1.29, 1.82) is 0 Å². The van der Waals surface area contributed by atoms with Gasteiger partial charge in [-0.05, 0) is 54.5 Å². The molecule has 4 rings (SSSR count). The zero-order chi connectivity index (χ0) is 24.8. The van der Waals surface area contributed by atoms with Crippen LogP contribution in [-0.4, -0.2) is 43.2 Å². The van der Waals surface area contributed by atoms with E-state index in [2.05, 4.69) is 12.1 Å². The van der Waals surface area contributed by atoms with Crippen LogP contribution in [0, 0.1) is 5.92 Å². The molecular weight excluding hydrogens is 503 g/mol. The molecule has 0 atom stereocenters. The van der Waals surface area contributed by atoms with E-state index in [0.717, 1.165) is 24.8 Å². The van der Waals surface area contributed by atoms with E-state index in [0.29, 0.717) is 19.0 Å². The summed E-state index contributed by atoms with van der Waals surface area (Å²) >= 11 is 12.3. The first-order valence-electron chi connectivity index (χ1n) is 11.6. The molecule has 0 saturated carbocycles. The number of amides is 1. The Morgan fingerprint density at radius 2 is 1.49 bits per heavy atom. The van der Waals surface area contributed by atoms with Gasteiger partial charge in [-0.2, -0.15) is 4.31 Å². The molecular formula is C27H28Cl2N2O3S. The lowest BCUT2D eigenvalue weighted by molar-refractivity contribution is -0.132. The molecule has 1 aliphatic heterocycles. The average Bonchev–Trinajstić information content (AvgIpc) is 2.86. The summed E-state index contributed by atoms with van der Waals surface area (Å²) in [4.78, 5) is 14.9. The summed E-state index contributed by atoms with van der Waals surface area (Å²) in [5, 5.41) is 0.334. The first-order valence-corrected chi connectivity index (χ1v) is 13.8. The van der Waals surface area contributed by atoms with Gasteiger partial charge in [0.2, 0.25) is 15.9 Å². The van der Waals surface area contributed by atoms with E-state index in [1.54, 1.807) is 4.90 Å². The van der Waals surface area contributed by atoms with Gasteiger partial charge in [0.05, 0.1) is 11.6 Å². The van der Waals surface area contributed by atoms with Gasteiger partial charge in [-0.15, -0.1) is 0 Å². The van der Waals surface area contributed by atoms with Crippen LogP contribution >= 0.6 is 23.2 Å². The molecule has 5 nitrogen and oxygen atoms in total. The predicted octanol–water partition coefficient (Wildman–Crippen LogP) is 5.67. The van der Waals surface area contributed by atoms with Crippen LogP contribution in [0.3, 0.4) is 0 Å². The SMILES string of the molecule is O=C(CN(Cc1ccccc1)S(=O)(=O)c1cc(Cl)ccc1Cl)N1CCC(Cc2ccccc2)CC1. The molecule has 1 fully saturated rings. The first kappa shape index (κ1) is 25.7. The lowest BCUT2D eigenvalue weighted by atomic mass is 9.90. The van der Waals surface area contributed by atoms with E-state index in [4.69, 9.17) is 23.2 Å². The molecule has 35 heavy (non-hydrogen) atoms. The third-order valence-electron chi connectivity index (χ3n) is 6.36. The maximum Gasteiger partial charge on any atom is 0.245 e. The largest absolute Gasteiger partial charge is 0.342 e. The Bertz CT molecular complexity index is 1250. The lowest BCUT2D eigenvalue weighted by Gasteiger charge is -2.33. The number of nitrogens with zero attached hydrogens (tertiary/aromatic N) is 2. The van der Waals surface area contributed by atoms with Crippen molar-refractivity contribution in [3.05, 3.63) is 100 Å². The number of piperidine rings is 1. The van der Waals surface area contributed by atoms with Gasteiger partial charge in [0.25, 0.3) is 0 Å². The molecule has 1 aliphatic rings. The van der Waals surface area contributed by atoms with Crippen LogP contribution in [0.15, 0.2) is 83.8 Å². The molecule has 1 heterocycles. The van der Waals surface area contributed by atoms with Crippen LogP contribution in [0.1, 0.15) is 24.0 Å².